The van der Waals surface area contributed by atoms with E-state index in [2.05, 4.69) is 9.97 Å². The Kier molecular flexibility index (Phi) is 2.16. The number of carboxylic acids is 1. The first-order chi connectivity index (χ1) is 8.70. The van der Waals surface area contributed by atoms with E-state index in [1.807, 2.05) is 0 Å². The molecular formula is C12H9N3O3. The van der Waals surface area contributed by atoms with Crippen molar-refractivity contribution in [2.45, 2.75) is 0 Å². The Morgan fingerprint density at radius 1 is 1.39 bits per heavy atom. The predicted octanol–water partition coefficient (Wildman–Crippen LogP) is 1.59. The zero-order chi connectivity index (χ0) is 12.7. The van der Waals surface area contributed by atoms with Crippen LogP contribution in [0.5, 0.6) is 6.01 Å². The van der Waals surface area contributed by atoms with Crippen molar-refractivity contribution >= 4 is 22.5 Å². The molecule has 0 amide bonds. The summed E-state index contributed by atoms with van der Waals surface area (Å²) in [7, 11) is 1.49. The van der Waals surface area contributed by atoms with Gasteiger partial charge in [0.25, 0.3) is 0 Å². The lowest BCUT2D eigenvalue weighted by atomic mass is 10.2. The highest BCUT2D eigenvalue weighted by molar-refractivity contribution is 5.97. The number of carbonyl (C=O) groups is 1. The molecule has 0 bridgehead atoms. The molecule has 0 aromatic carbocycles. The number of methoxy groups -OCH3 is 1. The van der Waals surface area contributed by atoms with Crippen LogP contribution in [0.25, 0.3) is 16.6 Å². The lowest BCUT2D eigenvalue weighted by molar-refractivity contribution is 0.0699. The molecule has 0 spiro atoms. The minimum atomic E-state index is -0.960. The van der Waals surface area contributed by atoms with Gasteiger partial charge >= 0.3 is 12.0 Å². The van der Waals surface area contributed by atoms with Crippen molar-refractivity contribution in [2.24, 2.45) is 0 Å². The summed E-state index contributed by atoms with van der Waals surface area (Å²) in [4.78, 5) is 19.3. The van der Waals surface area contributed by atoms with Gasteiger partial charge in [-0.1, -0.05) is 0 Å². The normalized spacial score (nSPS) is 10.9. The highest BCUT2D eigenvalue weighted by Gasteiger charge is 2.12. The Hall–Kier alpha value is -2.63. The first kappa shape index (κ1) is 10.5. The van der Waals surface area contributed by atoms with Crippen LogP contribution in [-0.4, -0.2) is 32.6 Å². The van der Waals surface area contributed by atoms with Crippen molar-refractivity contribution in [2.75, 3.05) is 7.11 Å². The minimum Gasteiger partial charge on any atom is -0.478 e. The Morgan fingerprint density at radius 3 is 2.94 bits per heavy atom. The number of carboxylic acid groups (broad SMARTS) is 1. The molecule has 3 aromatic rings. The van der Waals surface area contributed by atoms with E-state index < -0.39 is 5.97 Å². The number of fused-ring (bicyclic) bond motifs is 3. The van der Waals surface area contributed by atoms with Crippen LogP contribution in [0.2, 0.25) is 0 Å². The van der Waals surface area contributed by atoms with Crippen molar-refractivity contribution in [3.05, 3.63) is 36.2 Å². The van der Waals surface area contributed by atoms with Crippen LogP contribution in [0, 0.1) is 0 Å². The van der Waals surface area contributed by atoms with Crippen LogP contribution in [0.4, 0.5) is 0 Å². The summed E-state index contributed by atoms with van der Waals surface area (Å²) in [6.45, 7) is 0. The minimum absolute atomic E-state index is 0.245. The van der Waals surface area contributed by atoms with Gasteiger partial charge in [0.05, 0.1) is 18.2 Å². The first-order valence-corrected chi connectivity index (χ1v) is 5.25. The zero-order valence-corrected chi connectivity index (χ0v) is 9.49. The fraction of sp³-hybridized carbons (Fsp3) is 0.0833. The van der Waals surface area contributed by atoms with Gasteiger partial charge in [-0.25, -0.2) is 9.78 Å². The number of nitrogens with zero attached hydrogens (tertiary/aromatic N) is 3. The molecule has 18 heavy (non-hydrogen) atoms. The number of pyridine rings is 1. The zero-order valence-electron chi connectivity index (χ0n) is 9.49. The fourth-order valence-electron chi connectivity index (χ4n) is 1.92. The molecule has 0 aliphatic carbocycles. The van der Waals surface area contributed by atoms with Crippen molar-refractivity contribution in [3.63, 3.8) is 0 Å². The van der Waals surface area contributed by atoms with Crippen LogP contribution < -0.4 is 4.74 Å². The van der Waals surface area contributed by atoms with E-state index in [1.165, 1.54) is 7.11 Å². The van der Waals surface area contributed by atoms with Crippen LogP contribution in [0.1, 0.15) is 10.4 Å². The second-order valence-electron chi connectivity index (χ2n) is 3.76. The fourth-order valence-corrected chi connectivity index (χ4v) is 1.92. The molecule has 3 rings (SSSR count). The topological polar surface area (TPSA) is 76.7 Å². The van der Waals surface area contributed by atoms with Gasteiger partial charge in [0.2, 0.25) is 0 Å². The molecule has 1 N–H and O–H groups in total. The Labute approximate surface area is 101 Å². The summed E-state index contributed by atoms with van der Waals surface area (Å²) in [5, 5.41) is 9.89. The first-order valence-electron chi connectivity index (χ1n) is 5.25. The van der Waals surface area contributed by atoms with Gasteiger partial charge < -0.3 is 14.2 Å². The number of ether oxygens (including phenoxy) is 1. The summed E-state index contributed by atoms with van der Waals surface area (Å²) < 4.78 is 6.68. The largest absolute Gasteiger partial charge is 0.478 e. The monoisotopic (exact) mass is 243 g/mol. The number of aromatic carboxylic acids is 1. The standard InChI is InChI=1S/C12H9N3O3/c1-18-12-13-6-7-2-3-9-8(11(16)17)4-5-15(9)10(7)14-12/h2-6H,1H3,(H,16,17). The lowest BCUT2D eigenvalue weighted by Gasteiger charge is -2.03. The van der Waals surface area contributed by atoms with Crippen molar-refractivity contribution < 1.29 is 14.6 Å². The smallest absolute Gasteiger partial charge is 0.337 e. The molecule has 3 aromatic heterocycles. The summed E-state index contributed by atoms with van der Waals surface area (Å²) >= 11 is 0. The third-order valence-electron chi connectivity index (χ3n) is 2.76. The van der Waals surface area contributed by atoms with Crippen molar-refractivity contribution in [1.82, 2.24) is 14.4 Å². The molecule has 0 atom stereocenters. The highest BCUT2D eigenvalue weighted by atomic mass is 16.5. The molecule has 0 radical (unpaired) electrons. The molecule has 0 saturated carbocycles. The van der Waals surface area contributed by atoms with E-state index in [1.54, 1.807) is 35.0 Å². The third-order valence-corrected chi connectivity index (χ3v) is 2.76. The molecule has 3 heterocycles. The molecular weight excluding hydrogens is 234 g/mol. The SMILES string of the molecule is COc1ncc2ccc3c(C(=O)O)ccn3c2n1. The van der Waals surface area contributed by atoms with Gasteiger partial charge in [-0.05, 0) is 18.2 Å². The summed E-state index contributed by atoms with van der Waals surface area (Å²) in [5.74, 6) is -0.960. The number of rotatable bonds is 2. The predicted molar refractivity (Wildman–Crippen MR) is 64.0 cm³/mol. The summed E-state index contributed by atoms with van der Waals surface area (Å²) in [6, 6.07) is 5.32. The lowest BCUT2D eigenvalue weighted by Crippen LogP contribution is -1.98. The van der Waals surface area contributed by atoms with Gasteiger partial charge in [0.15, 0.2) is 5.65 Å². The quantitative estimate of drug-likeness (QED) is 0.739. The average molecular weight is 243 g/mol. The highest BCUT2D eigenvalue weighted by Crippen LogP contribution is 2.20. The Balaban J connectivity index is 2.41. The van der Waals surface area contributed by atoms with Crippen LogP contribution in [0.15, 0.2) is 30.6 Å². The van der Waals surface area contributed by atoms with Gasteiger partial charge in [-0.2, -0.15) is 4.98 Å². The van der Waals surface area contributed by atoms with E-state index in [0.29, 0.717) is 11.2 Å². The van der Waals surface area contributed by atoms with Crippen LogP contribution in [-0.2, 0) is 0 Å². The van der Waals surface area contributed by atoms with E-state index in [0.717, 1.165) is 5.39 Å². The summed E-state index contributed by atoms with van der Waals surface area (Å²) in [5.41, 5.74) is 1.46. The Morgan fingerprint density at radius 2 is 2.22 bits per heavy atom. The molecule has 90 valence electrons. The Bertz CT molecular complexity index is 764. The van der Waals surface area contributed by atoms with Gasteiger partial charge in [-0.15, -0.1) is 0 Å². The number of hydrogen-bond acceptors (Lipinski definition) is 4. The van der Waals surface area contributed by atoms with Crippen molar-refractivity contribution in [1.29, 1.82) is 0 Å². The van der Waals surface area contributed by atoms with Crippen LogP contribution in [0.3, 0.4) is 0 Å². The van der Waals surface area contributed by atoms with E-state index in [-0.39, 0.29) is 11.6 Å². The maximum Gasteiger partial charge on any atom is 0.337 e. The second-order valence-corrected chi connectivity index (χ2v) is 3.76. The second kappa shape index (κ2) is 3.69. The maximum absolute atomic E-state index is 11.1. The number of hydrogen-bond donors (Lipinski definition) is 1. The van der Waals surface area contributed by atoms with Gasteiger partial charge in [0, 0.05) is 17.8 Å². The maximum atomic E-state index is 11.1. The van der Waals surface area contributed by atoms with Gasteiger partial charge in [0.1, 0.15) is 0 Å². The summed E-state index contributed by atoms with van der Waals surface area (Å²) in [6.07, 6.45) is 3.31. The van der Waals surface area contributed by atoms with Gasteiger partial charge in [-0.3, -0.25) is 0 Å². The van der Waals surface area contributed by atoms with E-state index in [4.69, 9.17) is 9.84 Å². The number of aromatic nitrogens is 3. The molecule has 0 fully saturated rings. The van der Waals surface area contributed by atoms with E-state index >= 15 is 0 Å². The molecule has 0 aliphatic rings. The molecule has 0 aliphatic heterocycles. The van der Waals surface area contributed by atoms with Crippen LogP contribution >= 0.6 is 0 Å². The van der Waals surface area contributed by atoms with E-state index in [9.17, 15) is 4.79 Å². The molecule has 0 saturated heterocycles. The molecule has 6 heteroatoms. The molecule has 6 nitrogen and oxygen atoms in total. The third kappa shape index (κ3) is 1.39. The molecule has 0 unspecified atom stereocenters. The average Bonchev–Trinajstić information content (AvgIpc) is 2.82. The van der Waals surface area contributed by atoms with Crippen molar-refractivity contribution in [3.8, 4) is 6.01 Å².